The molecule has 0 aromatic heterocycles. The van der Waals surface area contributed by atoms with Gasteiger partial charge in [-0.15, -0.1) is 0 Å². The van der Waals surface area contributed by atoms with Gasteiger partial charge in [0.1, 0.15) is 12.4 Å². The van der Waals surface area contributed by atoms with Crippen LogP contribution in [0, 0.1) is 5.82 Å². The zero-order valence-corrected chi connectivity index (χ0v) is 15.2. The number of hydrogen-bond donors (Lipinski definition) is 2. The van der Waals surface area contributed by atoms with Crippen LogP contribution >= 0.6 is 0 Å². The Bertz CT molecular complexity index is 839. The van der Waals surface area contributed by atoms with Gasteiger partial charge in [0.05, 0.1) is 6.61 Å². The van der Waals surface area contributed by atoms with E-state index in [2.05, 4.69) is 10.9 Å². The van der Waals surface area contributed by atoms with Crippen molar-refractivity contribution < 1.29 is 13.9 Å². The highest BCUT2D eigenvalue weighted by Crippen LogP contribution is 2.29. The number of benzene rings is 3. The summed E-state index contributed by atoms with van der Waals surface area (Å²) in [7, 11) is 0. The minimum atomic E-state index is -0.255. The molecule has 0 spiro atoms. The van der Waals surface area contributed by atoms with Crippen LogP contribution in [0.1, 0.15) is 18.1 Å². The fourth-order valence-electron chi connectivity index (χ4n) is 2.56. The summed E-state index contributed by atoms with van der Waals surface area (Å²) in [5.41, 5.74) is 9.31. The van der Waals surface area contributed by atoms with Gasteiger partial charge in [0, 0.05) is 12.2 Å². The van der Waals surface area contributed by atoms with Crippen molar-refractivity contribution in [1.29, 1.82) is 0 Å². The Morgan fingerprint density at radius 1 is 0.815 bits per heavy atom. The molecule has 2 N–H and O–H groups in total. The molecule has 3 rings (SSSR count). The number of anilines is 1. The molecule has 0 saturated carbocycles. The first-order valence-electron chi connectivity index (χ1n) is 8.91. The highest BCUT2D eigenvalue weighted by molar-refractivity contribution is 5.44. The van der Waals surface area contributed by atoms with E-state index in [1.807, 2.05) is 55.5 Å². The van der Waals surface area contributed by atoms with Gasteiger partial charge in [-0.05, 0) is 54.4 Å². The van der Waals surface area contributed by atoms with Gasteiger partial charge >= 0.3 is 0 Å². The van der Waals surface area contributed by atoms with Crippen LogP contribution in [0.25, 0.3) is 0 Å². The summed E-state index contributed by atoms with van der Waals surface area (Å²) in [5.74, 6) is 1.11. The maximum Gasteiger partial charge on any atom is 0.161 e. The molecule has 0 aliphatic rings. The van der Waals surface area contributed by atoms with Gasteiger partial charge in [-0.1, -0.05) is 36.4 Å². The standard InChI is InChI=1S/C22H23FN2O2/c1-2-26-22-14-18(15-24-25-20-6-4-3-5-7-20)10-13-21(22)27-16-17-8-11-19(23)12-9-17/h3-14,24-25H,2,15-16H2,1H3. The van der Waals surface area contributed by atoms with Crippen LogP contribution in [0.5, 0.6) is 11.5 Å². The van der Waals surface area contributed by atoms with E-state index in [1.54, 1.807) is 12.1 Å². The van der Waals surface area contributed by atoms with E-state index < -0.39 is 0 Å². The van der Waals surface area contributed by atoms with Gasteiger partial charge < -0.3 is 14.9 Å². The van der Waals surface area contributed by atoms with E-state index in [0.29, 0.717) is 31.3 Å². The molecule has 0 aliphatic carbocycles. The van der Waals surface area contributed by atoms with Crippen LogP contribution < -0.4 is 20.3 Å². The lowest BCUT2D eigenvalue weighted by Gasteiger charge is -2.14. The molecule has 0 bridgehead atoms. The number of halogens is 1. The molecule has 0 saturated heterocycles. The highest BCUT2D eigenvalue weighted by Gasteiger charge is 2.07. The first-order valence-corrected chi connectivity index (χ1v) is 8.91. The molecular formula is C22H23FN2O2. The number of para-hydroxylation sites is 1. The minimum Gasteiger partial charge on any atom is -0.490 e. The lowest BCUT2D eigenvalue weighted by Crippen LogP contribution is -2.20. The summed E-state index contributed by atoms with van der Waals surface area (Å²) in [6.07, 6.45) is 0. The molecule has 0 radical (unpaired) electrons. The molecule has 0 atom stereocenters. The third-order valence-electron chi connectivity index (χ3n) is 3.91. The van der Waals surface area contributed by atoms with Crippen molar-refractivity contribution in [3.8, 4) is 11.5 Å². The highest BCUT2D eigenvalue weighted by atomic mass is 19.1. The first-order chi connectivity index (χ1) is 13.2. The molecule has 140 valence electrons. The Morgan fingerprint density at radius 3 is 2.30 bits per heavy atom. The van der Waals surface area contributed by atoms with E-state index in [4.69, 9.17) is 9.47 Å². The molecule has 3 aromatic carbocycles. The summed E-state index contributed by atoms with van der Waals surface area (Å²) in [4.78, 5) is 0. The van der Waals surface area contributed by atoms with Crippen molar-refractivity contribution in [2.45, 2.75) is 20.1 Å². The first kappa shape index (κ1) is 18.7. The van der Waals surface area contributed by atoms with Gasteiger partial charge in [-0.2, -0.15) is 0 Å². The Balaban J connectivity index is 1.60. The maximum atomic E-state index is 13.0. The Hall–Kier alpha value is -3.05. The lowest BCUT2D eigenvalue weighted by atomic mass is 10.2. The van der Waals surface area contributed by atoms with Crippen LogP contribution in [0.15, 0.2) is 72.8 Å². The second-order valence-corrected chi connectivity index (χ2v) is 5.97. The van der Waals surface area contributed by atoms with Crippen LogP contribution in [0.3, 0.4) is 0 Å². The van der Waals surface area contributed by atoms with Crippen molar-refractivity contribution in [2.24, 2.45) is 0 Å². The van der Waals surface area contributed by atoms with Gasteiger partial charge in [0.15, 0.2) is 11.5 Å². The van der Waals surface area contributed by atoms with Crippen molar-refractivity contribution in [3.05, 3.63) is 89.7 Å². The van der Waals surface area contributed by atoms with Gasteiger partial charge in [-0.3, -0.25) is 0 Å². The molecule has 0 amide bonds. The van der Waals surface area contributed by atoms with Gasteiger partial charge in [-0.25, -0.2) is 9.82 Å². The third kappa shape index (κ3) is 5.72. The predicted molar refractivity (Wildman–Crippen MR) is 105 cm³/mol. The fourth-order valence-corrected chi connectivity index (χ4v) is 2.56. The van der Waals surface area contributed by atoms with Crippen molar-refractivity contribution >= 4 is 5.69 Å². The van der Waals surface area contributed by atoms with Gasteiger partial charge in [0.25, 0.3) is 0 Å². The number of hydrogen-bond acceptors (Lipinski definition) is 4. The summed E-state index contributed by atoms with van der Waals surface area (Å²) in [6, 6.07) is 22.0. The molecule has 0 aliphatic heterocycles. The fraction of sp³-hybridized carbons (Fsp3) is 0.182. The Kier molecular flexibility index (Phi) is 6.66. The lowest BCUT2D eigenvalue weighted by molar-refractivity contribution is 0.269. The molecular weight excluding hydrogens is 343 g/mol. The van der Waals surface area contributed by atoms with E-state index in [-0.39, 0.29) is 5.82 Å². The zero-order valence-electron chi connectivity index (χ0n) is 15.2. The van der Waals surface area contributed by atoms with Crippen molar-refractivity contribution in [3.63, 3.8) is 0 Å². The summed E-state index contributed by atoms with van der Waals surface area (Å²) in [6.45, 7) is 3.47. The normalized spacial score (nSPS) is 10.4. The molecule has 27 heavy (non-hydrogen) atoms. The second kappa shape index (κ2) is 9.59. The van der Waals surface area contributed by atoms with Crippen LogP contribution in [0.2, 0.25) is 0 Å². The summed E-state index contributed by atoms with van der Waals surface area (Å²) in [5, 5.41) is 0. The Labute approximate surface area is 158 Å². The largest absolute Gasteiger partial charge is 0.490 e. The van der Waals surface area contributed by atoms with Crippen LogP contribution in [0.4, 0.5) is 10.1 Å². The van der Waals surface area contributed by atoms with E-state index in [9.17, 15) is 4.39 Å². The van der Waals surface area contributed by atoms with Crippen LogP contribution in [-0.2, 0) is 13.2 Å². The monoisotopic (exact) mass is 366 g/mol. The average molecular weight is 366 g/mol. The molecule has 0 fully saturated rings. The van der Waals surface area contributed by atoms with Crippen molar-refractivity contribution in [1.82, 2.24) is 5.43 Å². The smallest absolute Gasteiger partial charge is 0.161 e. The molecule has 3 aromatic rings. The number of rotatable bonds is 9. The molecule has 0 unspecified atom stereocenters. The maximum absolute atomic E-state index is 13.0. The Morgan fingerprint density at radius 2 is 1.56 bits per heavy atom. The minimum absolute atomic E-state index is 0.255. The SMILES string of the molecule is CCOc1cc(CNNc2ccccc2)ccc1OCc1ccc(F)cc1. The summed E-state index contributed by atoms with van der Waals surface area (Å²) >= 11 is 0. The molecule has 4 nitrogen and oxygen atoms in total. The quantitative estimate of drug-likeness (QED) is 0.528. The molecule has 0 heterocycles. The van der Waals surface area contributed by atoms with Crippen molar-refractivity contribution in [2.75, 3.05) is 12.0 Å². The average Bonchev–Trinajstić information content (AvgIpc) is 2.70. The van der Waals surface area contributed by atoms with E-state index >= 15 is 0 Å². The predicted octanol–water partition coefficient (Wildman–Crippen LogP) is 4.92. The topological polar surface area (TPSA) is 42.5 Å². The third-order valence-corrected chi connectivity index (χ3v) is 3.91. The van der Waals surface area contributed by atoms with Crippen LogP contribution in [-0.4, -0.2) is 6.61 Å². The summed E-state index contributed by atoms with van der Waals surface area (Å²) < 4.78 is 24.6. The number of nitrogens with one attached hydrogen (secondary N) is 2. The number of ether oxygens (including phenoxy) is 2. The molecule has 5 heteroatoms. The zero-order chi connectivity index (χ0) is 18.9. The number of hydrazine groups is 1. The second-order valence-electron chi connectivity index (χ2n) is 5.97. The van der Waals surface area contributed by atoms with E-state index in [1.165, 1.54) is 12.1 Å². The van der Waals surface area contributed by atoms with E-state index in [0.717, 1.165) is 16.8 Å². The van der Waals surface area contributed by atoms with Gasteiger partial charge in [0.2, 0.25) is 0 Å².